The largest absolute Gasteiger partial charge is 0.493 e. The molecule has 19 heavy (non-hydrogen) atoms. The SMILES string of the molecule is COc1ccc(/C=C(\C)C(=O)O)cc1OC(C)(C)C. The number of carbonyl (C=O) groups is 1. The molecule has 0 spiro atoms. The van der Waals surface area contributed by atoms with E-state index in [0.29, 0.717) is 11.5 Å². The predicted octanol–water partition coefficient (Wildman–Crippen LogP) is 3.36. The smallest absolute Gasteiger partial charge is 0.331 e. The molecule has 0 fully saturated rings. The van der Waals surface area contributed by atoms with Crippen molar-refractivity contribution in [3.8, 4) is 11.5 Å². The lowest BCUT2D eigenvalue weighted by Crippen LogP contribution is -2.23. The minimum Gasteiger partial charge on any atom is -0.493 e. The lowest BCUT2D eigenvalue weighted by molar-refractivity contribution is -0.132. The van der Waals surface area contributed by atoms with Crippen molar-refractivity contribution in [1.29, 1.82) is 0 Å². The molecule has 0 aliphatic rings. The van der Waals surface area contributed by atoms with Gasteiger partial charge in [0, 0.05) is 5.57 Å². The third-order valence-electron chi connectivity index (χ3n) is 2.32. The number of methoxy groups -OCH3 is 1. The maximum absolute atomic E-state index is 10.8. The quantitative estimate of drug-likeness (QED) is 0.847. The molecule has 0 saturated carbocycles. The molecule has 1 N–H and O–H groups in total. The van der Waals surface area contributed by atoms with E-state index in [4.69, 9.17) is 14.6 Å². The third kappa shape index (κ3) is 4.66. The van der Waals surface area contributed by atoms with Gasteiger partial charge in [-0.05, 0) is 51.5 Å². The molecule has 1 aromatic carbocycles. The second-order valence-electron chi connectivity index (χ2n) is 5.26. The molecule has 1 rings (SSSR count). The van der Waals surface area contributed by atoms with Crippen molar-refractivity contribution in [2.45, 2.75) is 33.3 Å². The third-order valence-corrected chi connectivity index (χ3v) is 2.32. The van der Waals surface area contributed by atoms with Crippen LogP contribution in [0.25, 0.3) is 6.08 Å². The standard InChI is InChI=1S/C15H20O4/c1-10(14(16)17)8-11-6-7-12(18-5)13(9-11)19-15(2,3)4/h6-9H,1-5H3,(H,16,17)/b10-8+. The van der Waals surface area contributed by atoms with E-state index in [9.17, 15) is 4.79 Å². The van der Waals surface area contributed by atoms with Crippen LogP contribution >= 0.6 is 0 Å². The van der Waals surface area contributed by atoms with Crippen LogP contribution in [0.15, 0.2) is 23.8 Å². The average molecular weight is 264 g/mol. The monoisotopic (exact) mass is 264 g/mol. The Bertz CT molecular complexity index is 495. The maximum Gasteiger partial charge on any atom is 0.331 e. The summed E-state index contributed by atoms with van der Waals surface area (Å²) in [5, 5.41) is 8.88. The molecular weight excluding hydrogens is 244 g/mol. The summed E-state index contributed by atoms with van der Waals surface area (Å²) < 4.78 is 11.0. The molecule has 0 aromatic heterocycles. The molecule has 0 saturated heterocycles. The zero-order valence-electron chi connectivity index (χ0n) is 12.0. The van der Waals surface area contributed by atoms with E-state index >= 15 is 0 Å². The Labute approximate surface area is 113 Å². The Hall–Kier alpha value is -1.97. The lowest BCUT2D eigenvalue weighted by Gasteiger charge is -2.23. The first-order chi connectivity index (χ1) is 8.73. The molecule has 4 heteroatoms. The highest BCUT2D eigenvalue weighted by atomic mass is 16.5. The fourth-order valence-corrected chi connectivity index (χ4v) is 1.50. The number of rotatable bonds is 4. The number of carboxylic acids is 1. The second-order valence-corrected chi connectivity index (χ2v) is 5.26. The van der Waals surface area contributed by atoms with E-state index in [2.05, 4.69) is 0 Å². The van der Waals surface area contributed by atoms with Crippen molar-refractivity contribution in [1.82, 2.24) is 0 Å². The van der Waals surface area contributed by atoms with Crippen molar-refractivity contribution < 1.29 is 19.4 Å². The fraction of sp³-hybridized carbons (Fsp3) is 0.400. The van der Waals surface area contributed by atoms with E-state index in [1.54, 1.807) is 38.3 Å². The van der Waals surface area contributed by atoms with E-state index in [-0.39, 0.29) is 11.2 Å². The highest BCUT2D eigenvalue weighted by Gasteiger charge is 2.15. The molecule has 0 heterocycles. The highest BCUT2D eigenvalue weighted by Crippen LogP contribution is 2.31. The van der Waals surface area contributed by atoms with Crippen molar-refractivity contribution >= 4 is 12.0 Å². The number of aliphatic carboxylic acids is 1. The van der Waals surface area contributed by atoms with Crippen molar-refractivity contribution in [3.63, 3.8) is 0 Å². The van der Waals surface area contributed by atoms with Crippen molar-refractivity contribution in [2.24, 2.45) is 0 Å². The van der Waals surface area contributed by atoms with Crippen molar-refractivity contribution in [2.75, 3.05) is 7.11 Å². The summed E-state index contributed by atoms with van der Waals surface area (Å²) in [7, 11) is 1.57. The Morgan fingerprint density at radius 2 is 1.89 bits per heavy atom. The zero-order valence-corrected chi connectivity index (χ0v) is 12.0. The van der Waals surface area contributed by atoms with Gasteiger partial charge >= 0.3 is 5.97 Å². The van der Waals surface area contributed by atoms with Gasteiger partial charge in [0.1, 0.15) is 5.60 Å². The average Bonchev–Trinajstić information content (AvgIpc) is 2.27. The Morgan fingerprint density at radius 3 is 2.37 bits per heavy atom. The minimum absolute atomic E-state index is 0.270. The van der Waals surface area contributed by atoms with Gasteiger partial charge in [-0.2, -0.15) is 0 Å². The summed E-state index contributed by atoms with van der Waals surface area (Å²) in [6, 6.07) is 5.33. The van der Waals surface area contributed by atoms with Crippen LogP contribution in [-0.2, 0) is 4.79 Å². The van der Waals surface area contributed by atoms with Crippen LogP contribution < -0.4 is 9.47 Å². The van der Waals surface area contributed by atoms with E-state index in [0.717, 1.165) is 5.56 Å². The van der Waals surface area contributed by atoms with Gasteiger partial charge in [-0.25, -0.2) is 4.79 Å². The van der Waals surface area contributed by atoms with Gasteiger partial charge in [-0.3, -0.25) is 0 Å². The summed E-state index contributed by atoms with van der Waals surface area (Å²) in [5.41, 5.74) is 0.684. The summed E-state index contributed by atoms with van der Waals surface area (Å²) in [6.45, 7) is 7.38. The molecule has 0 unspecified atom stereocenters. The number of benzene rings is 1. The molecular formula is C15H20O4. The zero-order chi connectivity index (χ0) is 14.6. The topological polar surface area (TPSA) is 55.8 Å². The van der Waals surface area contributed by atoms with Crippen LogP contribution in [-0.4, -0.2) is 23.8 Å². The number of carboxylic acid groups (broad SMARTS) is 1. The molecule has 104 valence electrons. The Kier molecular flexibility index (Phi) is 4.59. The van der Waals surface area contributed by atoms with Crippen LogP contribution in [0.1, 0.15) is 33.3 Å². The summed E-state index contributed by atoms with van der Waals surface area (Å²) in [6.07, 6.45) is 1.59. The predicted molar refractivity (Wildman–Crippen MR) is 74.7 cm³/mol. The van der Waals surface area contributed by atoms with E-state index in [1.807, 2.05) is 20.8 Å². The first-order valence-electron chi connectivity index (χ1n) is 6.01. The van der Waals surface area contributed by atoms with Gasteiger partial charge in [0.2, 0.25) is 0 Å². The number of hydrogen-bond acceptors (Lipinski definition) is 3. The summed E-state index contributed by atoms with van der Waals surface area (Å²) in [4.78, 5) is 10.8. The number of hydrogen-bond donors (Lipinski definition) is 1. The summed E-state index contributed by atoms with van der Waals surface area (Å²) in [5.74, 6) is 0.288. The lowest BCUT2D eigenvalue weighted by atomic mass is 10.1. The van der Waals surface area contributed by atoms with Gasteiger partial charge in [0.05, 0.1) is 7.11 Å². The molecule has 0 radical (unpaired) electrons. The molecule has 0 atom stereocenters. The van der Waals surface area contributed by atoms with Crippen LogP contribution in [0.5, 0.6) is 11.5 Å². The molecule has 0 aliphatic carbocycles. The normalized spacial score (nSPS) is 12.2. The van der Waals surface area contributed by atoms with E-state index in [1.165, 1.54) is 0 Å². The van der Waals surface area contributed by atoms with Gasteiger partial charge in [-0.1, -0.05) is 6.07 Å². The van der Waals surface area contributed by atoms with Gasteiger partial charge in [0.25, 0.3) is 0 Å². The maximum atomic E-state index is 10.8. The van der Waals surface area contributed by atoms with Crippen LogP contribution in [0.3, 0.4) is 0 Å². The molecule has 0 aliphatic heterocycles. The van der Waals surface area contributed by atoms with Crippen LogP contribution in [0.4, 0.5) is 0 Å². The summed E-state index contributed by atoms with van der Waals surface area (Å²) >= 11 is 0. The highest BCUT2D eigenvalue weighted by molar-refractivity contribution is 5.91. The number of ether oxygens (including phenoxy) is 2. The molecule has 4 nitrogen and oxygen atoms in total. The second kappa shape index (κ2) is 5.78. The van der Waals surface area contributed by atoms with Crippen molar-refractivity contribution in [3.05, 3.63) is 29.3 Å². The first kappa shape index (κ1) is 15.1. The van der Waals surface area contributed by atoms with Gasteiger partial charge < -0.3 is 14.6 Å². The Morgan fingerprint density at radius 1 is 1.26 bits per heavy atom. The first-order valence-corrected chi connectivity index (χ1v) is 6.01. The molecule has 0 amide bonds. The van der Waals surface area contributed by atoms with Crippen LogP contribution in [0.2, 0.25) is 0 Å². The van der Waals surface area contributed by atoms with Crippen LogP contribution in [0, 0.1) is 0 Å². The minimum atomic E-state index is -0.936. The van der Waals surface area contributed by atoms with Gasteiger partial charge in [-0.15, -0.1) is 0 Å². The van der Waals surface area contributed by atoms with E-state index < -0.39 is 5.97 Å². The van der Waals surface area contributed by atoms with Gasteiger partial charge in [0.15, 0.2) is 11.5 Å². The Balaban J connectivity index is 3.15. The molecule has 0 bridgehead atoms. The molecule has 1 aromatic rings. The fourth-order valence-electron chi connectivity index (χ4n) is 1.50.